The number of amides is 1. The summed E-state index contributed by atoms with van der Waals surface area (Å²) in [5.41, 5.74) is 4.11. The number of aromatic nitrogens is 2. The van der Waals surface area contributed by atoms with Crippen LogP contribution in [0.1, 0.15) is 30.4 Å². The third-order valence-electron chi connectivity index (χ3n) is 6.69. The van der Waals surface area contributed by atoms with Crippen LogP contribution in [0.3, 0.4) is 0 Å². The maximum absolute atomic E-state index is 15.0. The van der Waals surface area contributed by atoms with Crippen LogP contribution in [0.5, 0.6) is 11.8 Å². The van der Waals surface area contributed by atoms with Crippen LogP contribution in [0.25, 0.3) is 22.2 Å². The fourth-order valence-electron chi connectivity index (χ4n) is 4.44. The molecule has 9 heteroatoms. The Morgan fingerprint density at radius 1 is 1.14 bits per heavy atom. The standard InChI is InChI=1S/C26H23FN4O3S/c1-15-3-8-18(31-14-24(32)30-35-31)11-23(15)34-25-28-21-12-19(20(27)13-22(21)29-25)16-4-6-17(7-5-16)26(33)9-2-10-26/h3-8,11-13,33H,2,9-10,14H2,1H3,(H,28,29)(H,30,32). The normalized spacial score (nSPS) is 16.9. The minimum absolute atomic E-state index is 0.0540. The van der Waals surface area contributed by atoms with Crippen LogP contribution >= 0.6 is 12.1 Å². The van der Waals surface area contributed by atoms with Crippen molar-refractivity contribution in [1.29, 1.82) is 0 Å². The minimum atomic E-state index is -0.746. The monoisotopic (exact) mass is 490 g/mol. The number of aryl methyl sites for hydroxylation is 1. The second kappa shape index (κ2) is 8.28. The molecule has 1 saturated heterocycles. The fraction of sp³-hybridized carbons (Fsp3) is 0.231. The number of hydrogen-bond acceptors (Lipinski definition) is 6. The number of nitrogens with zero attached hydrogens (tertiary/aromatic N) is 2. The number of aromatic amines is 1. The van der Waals surface area contributed by atoms with Gasteiger partial charge in [-0.25, -0.2) is 4.39 Å². The Morgan fingerprint density at radius 2 is 1.94 bits per heavy atom. The van der Waals surface area contributed by atoms with Crippen LogP contribution in [0.4, 0.5) is 10.1 Å². The molecular weight excluding hydrogens is 467 g/mol. The molecule has 0 spiro atoms. The molecule has 4 aromatic rings. The highest BCUT2D eigenvalue weighted by Crippen LogP contribution is 2.41. The highest BCUT2D eigenvalue weighted by atomic mass is 32.2. The zero-order chi connectivity index (χ0) is 24.2. The molecule has 1 aromatic heterocycles. The third-order valence-corrected chi connectivity index (χ3v) is 7.57. The molecule has 0 bridgehead atoms. The molecule has 2 heterocycles. The van der Waals surface area contributed by atoms with E-state index in [1.807, 2.05) is 53.7 Å². The van der Waals surface area contributed by atoms with Crippen LogP contribution in [0.2, 0.25) is 0 Å². The van der Waals surface area contributed by atoms with Gasteiger partial charge in [-0.3, -0.25) is 13.8 Å². The first kappa shape index (κ1) is 21.9. The van der Waals surface area contributed by atoms with Gasteiger partial charge in [0.15, 0.2) is 0 Å². The number of carbonyl (C=O) groups excluding carboxylic acids is 1. The van der Waals surface area contributed by atoms with Gasteiger partial charge in [-0.2, -0.15) is 4.98 Å². The number of anilines is 1. The number of aliphatic hydroxyl groups is 1. The van der Waals surface area contributed by atoms with Crippen LogP contribution in [-0.4, -0.2) is 27.5 Å². The summed E-state index contributed by atoms with van der Waals surface area (Å²) in [7, 11) is 0. The smallest absolute Gasteiger partial charge is 0.300 e. The second-order valence-corrected chi connectivity index (χ2v) is 9.89. The third kappa shape index (κ3) is 4.00. The molecular formula is C26H23FN4O3S. The van der Waals surface area contributed by atoms with E-state index in [-0.39, 0.29) is 24.3 Å². The first-order valence-electron chi connectivity index (χ1n) is 11.4. The van der Waals surface area contributed by atoms with Gasteiger partial charge in [-0.1, -0.05) is 30.3 Å². The summed E-state index contributed by atoms with van der Waals surface area (Å²) in [6.07, 6.45) is 2.54. The largest absolute Gasteiger partial charge is 0.425 e. The predicted octanol–water partition coefficient (Wildman–Crippen LogP) is 5.34. The number of H-pyrrole nitrogens is 1. The lowest BCUT2D eigenvalue weighted by Gasteiger charge is -2.37. The van der Waals surface area contributed by atoms with Gasteiger partial charge in [0.1, 0.15) is 18.1 Å². The molecule has 178 valence electrons. The van der Waals surface area contributed by atoms with Gasteiger partial charge in [0.2, 0.25) is 0 Å². The van der Waals surface area contributed by atoms with Crippen molar-refractivity contribution in [3.8, 4) is 22.9 Å². The number of carbonyl (C=O) groups is 1. The maximum atomic E-state index is 15.0. The number of halogens is 1. The summed E-state index contributed by atoms with van der Waals surface area (Å²) >= 11 is 1.24. The van der Waals surface area contributed by atoms with E-state index in [1.54, 1.807) is 6.07 Å². The van der Waals surface area contributed by atoms with Gasteiger partial charge in [0.25, 0.3) is 11.9 Å². The van der Waals surface area contributed by atoms with Crippen molar-refractivity contribution in [1.82, 2.24) is 14.7 Å². The first-order chi connectivity index (χ1) is 16.9. The zero-order valence-corrected chi connectivity index (χ0v) is 19.8. The molecule has 3 aromatic carbocycles. The topological polar surface area (TPSA) is 90.5 Å². The van der Waals surface area contributed by atoms with Gasteiger partial charge < -0.3 is 14.8 Å². The van der Waals surface area contributed by atoms with Crippen LogP contribution in [-0.2, 0) is 10.4 Å². The number of fused-ring (bicyclic) bond motifs is 1. The lowest BCUT2D eigenvalue weighted by atomic mass is 9.75. The number of benzene rings is 3. The highest BCUT2D eigenvalue weighted by molar-refractivity contribution is 7.99. The predicted molar refractivity (Wildman–Crippen MR) is 134 cm³/mol. The number of rotatable bonds is 5. The van der Waals surface area contributed by atoms with E-state index >= 15 is 0 Å². The summed E-state index contributed by atoms with van der Waals surface area (Å²) in [5, 5.41) is 10.5. The molecule has 2 aliphatic rings. The SMILES string of the molecule is Cc1ccc(N2CC(=O)NS2)cc1Oc1nc2cc(-c3ccc(C4(O)CCC4)cc3)c(F)cc2[nH]1. The Bertz CT molecular complexity index is 1450. The number of nitrogens with one attached hydrogen (secondary N) is 2. The Hall–Kier alpha value is -3.56. The average molecular weight is 491 g/mol. The first-order valence-corrected chi connectivity index (χ1v) is 12.2. The van der Waals surface area contributed by atoms with E-state index in [0.29, 0.717) is 22.3 Å². The quantitative estimate of drug-likeness (QED) is 0.327. The van der Waals surface area contributed by atoms with E-state index in [9.17, 15) is 14.3 Å². The molecule has 1 aliphatic heterocycles. The average Bonchev–Trinajstić information content (AvgIpc) is 3.43. The van der Waals surface area contributed by atoms with Crippen LogP contribution < -0.4 is 13.8 Å². The molecule has 6 rings (SSSR count). The summed E-state index contributed by atoms with van der Waals surface area (Å²) in [6, 6.07) is 16.5. The van der Waals surface area contributed by atoms with Crippen molar-refractivity contribution in [2.75, 3.05) is 10.8 Å². The van der Waals surface area contributed by atoms with E-state index < -0.39 is 5.60 Å². The van der Waals surface area contributed by atoms with E-state index in [4.69, 9.17) is 4.74 Å². The van der Waals surface area contributed by atoms with Gasteiger partial charge in [0.05, 0.1) is 34.5 Å². The number of ether oxygens (including phenoxy) is 1. The Balaban J connectivity index is 1.28. The van der Waals surface area contributed by atoms with Crippen molar-refractivity contribution in [2.45, 2.75) is 31.8 Å². The Kier molecular flexibility index (Phi) is 5.19. The van der Waals surface area contributed by atoms with Crippen LogP contribution in [0.15, 0.2) is 54.6 Å². The summed E-state index contributed by atoms with van der Waals surface area (Å²) < 4.78 is 25.6. The highest BCUT2D eigenvalue weighted by Gasteiger charge is 2.36. The molecule has 0 radical (unpaired) electrons. The molecule has 7 nitrogen and oxygen atoms in total. The van der Waals surface area contributed by atoms with Gasteiger partial charge in [-0.15, -0.1) is 0 Å². The molecule has 0 unspecified atom stereocenters. The van der Waals surface area contributed by atoms with Crippen molar-refractivity contribution in [2.24, 2.45) is 0 Å². The molecule has 0 atom stereocenters. The van der Waals surface area contributed by atoms with Crippen molar-refractivity contribution in [3.63, 3.8) is 0 Å². The van der Waals surface area contributed by atoms with Crippen molar-refractivity contribution < 1.29 is 19.0 Å². The van der Waals surface area contributed by atoms with Gasteiger partial charge >= 0.3 is 0 Å². The summed E-state index contributed by atoms with van der Waals surface area (Å²) in [5.74, 6) is 0.164. The van der Waals surface area contributed by atoms with Gasteiger partial charge in [-0.05, 0) is 55.0 Å². The minimum Gasteiger partial charge on any atom is -0.425 e. The molecule has 1 amide bonds. The molecule has 3 N–H and O–H groups in total. The van der Waals surface area contributed by atoms with Crippen molar-refractivity contribution >= 4 is 34.8 Å². The van der Waals surface area contributed by atoms with Crippen molar-refractivity contribution in [3.05, 3.63) is 71.5 Å². The molecule has 2 fully saturated rings. The molecule has 35 heavy (non-hydrogen) atoms. The van der Waals surface area contributed by atoms with Crippen LogP contribution in [0, 0.1) is 12.7 Å². The number of imidazole rings is 1. The summed E-state index contributed by atoms with van der Waals surface area (Å²) in [4.78, 5) is 19.1. The van der Waals surface area contributed by atoms with Gasteiger partial charge in [0, 0.05) is 17.7 Å². The zero-order valence-electron chi connectivity index (χ0n) is 19.0. The second-order valence-electron chi connectivity index (χ2n) is 9.06. The maximum Gasteiger partial charge on any atom is 0.300 e. The van der Waals surface area contributed by atoms with E-state index in [0.717, 1.165) is 41.6 Å². The Morgan fingerprint density at radius 3 is 2.63 bits per heavy atom. The molecule has 1 saturated carbocycles. The number of hydrogen-bond donors (Lipinski definition) is 3. The van der Waals surface area contributed by atoms with E-state index in [1.165, 1.54) is 18.2 Å². The lowest BCUT2D eigenvalue weighted by Crippen LogP contribution is -2.33. The van der Waals surface area contributed by atoms with E-state index in [2.05, 4.69) is 14.7 Å². The molecule has 1 aliphatic carbocycles. The fourth-order valence-corrected chi connectivity index (χ4v) is 5.12. The lowest BCUT2D eigenvalue weighted by molar-refractivity contribution is -0.117. The Labute approximate surface area is 205 Å². The summed E-state index contributed by atoms with van der Waals surface area (Å²) in [6.45, 7) is 2.18.